The molecule has 3 rings (SSSR count). The van der Waals surface area contributed by atoms with Gasteiger partial charge in [-0.3, -0.25) is 4.79 Å². The monoisotopic (exact) mass is 340 g/mol. The number of benzene rings is 1. The summed E-state index contributed by atoms with van der Waals surface area (Å²) in [4.78, 5) is 16.8. The first kappa shape index (κ1) is 17.7. The molecule has 5 heteroatoms. The van der Waals surface area contributed by atoms with Crippen molar-refractivity contribution >= 4 is 5.91 Å². The average Bonchev–Trinajstić information content (AvgIpc) is 3.01. The van der Waals surface area contributed by atoms with Crippen LogP contribution in [0.2, 0.25) is 0 Å². The Bertz CT molecular complexity index is 730. The summed E-state index contributed by atoms with van der Waals surface area (Å²) in [5.74, 6) is 1.08. The number of aromatic nitrogens is 2. The van der Waals surface area contributed by atoms with E-state index in [9.17, 15) is 4.79 Å². The number of nitrogens with one attached hydrogen (secondary N) is 1. The van der Waals surface area contributed by atoms with Crippen LogP contribution in [-0.4, -0.2) is 22.0 Å². The second-order valence-electron chi connectivity index (χ2n) is 7.92. The van der Waals surface area contributed by atoms with Crippen LogP contribution in [0.3, 0.4) is 0 Å². The van der Waals surface area contributed by atoms with E-state index in [0.717, 1.165) is 36.5 Å². The maximum atomic E-state index is 11.9. The highest BCUT2D eigenvalue weighted by Crippen LogP contribution is 2.30. The summed E-state index contributed by atoms with van der Waals surface area (Å²) in [6.07, 6.45) is 4.39. The van der Waals surface area contributed by atoms with Gasteiger partial charge in [0.1, 0.15) is 11.9 Å². The van der Waals surface area contributed by atoms with Gasteiger partial charge >= 0.3 is 0 Å². The molecule has 5 nitrogen and oxygen atoms in total. The van der Waals surface area contributed by atoms with Crippen molar-refractivity contribution in [3.05, 3.63) is 53.6 Å². The molecule has 1 amide bonds. The highest BCUT2D eigenvalue weighted by molar-refractivity contribution is 5.81. The molecule has 3 N–H and O–H groups in total. The van der Waals surface area contributed by atoms with Gasteiger partial charge < -0.3 is 15.6 Å². The van der Waals surface area contributed by atoms with Crippen LogP contribution in [0.5, 0.6) is 0 Å². The first-order valence-electron chi connectivity index (χ1n) is 9.01. The molecule has 1 aliphatic rings. The number of imidazole rings is 1. The minimum absolute atomic E-state index is 0.0438. The molecule has 1 aliphatic heterocycles. The van der Waals surface area contributed by atoms with Gasteiger partial charge in [-0.1, -0.05) is 51.1 Å². The molecule has 1 aromatic heterocycles. The van der Waals surface area contributed by atoms with E-state index in [2.05, 4.69) is 36.9 Å². The van der Waals surface area contributed by atoms with Crippen LogP contribution in [-0.2, 0) is 16.8 Å². The van der Waals surface area contributed by atoms with Crippen molar-refractivity contribution in [2.75, 3.05) is 6.54 Å². The molecule has 25 heavy (non-hydrogen) atoms. The fourth-order valence-electron chi connectivity index (χ4n) is 3.42. The number of nitrogens with two attached hydrogens (primary N) is 1. The number of primary amides is 1. The van der Waals surface area contributed by atoms with Crippen LogP contribution in [0.1, 0.15) is 62.7 Å². The smallest absolute Gasteiger partial charge is 0.239 e. The van der Waals surface area contributed by atoms with Crippen molar-refractivity contribution in [2.45, 2.75) is 57.5 Å². The SMILES string of the molecule is CC(C)(C)c1cn2c(n1)[C@H](CN[C@@H](C(N)=O)c1ccccc1)CCC2. The van der Waals surface area contributed by atoms with E-state index in [1.54, 1.807) is 0 Å². The third kappa shape index (κ3) is 3.93. The lowest BCUT2D eigenvalue weighted by Crippen LogP contribution is -2.37. The van der Waals surface area contributed by atoms with Gasteiger partial charge in [0, 0.05) is 30.6 Å². The maximum absolute atomic E-state index is 11.9. The summed E-state index contributed by atoms with van der Waals surface area (Å²) in [7, 11) is 0. The van der Waals surface area contributed by atoms with Gasteiger partial charge in [-0.25, -0.2) is 4.98 Å². The molecule has 0 aliphatic carbocycles. The lowest BCUT2D eigenvalue weighted by Gasteiger charge is -2.25. The summed E-state index contributed by atoms with van der Waals surface area (Å²) < 4.78 is 2.28. The molecule has 0 bridgehead atoms. The topological polar surface area (TPSA) is 72.9 Å². The van der Waals surface area contributed by atoms with Gasteiger partial charge in [-0.05, 0) is 18.4 Å². The van der Waals surface area contributed by atoms with E-state index >= 15 is 0 Å². The van der Waals surface area contributed by atoms with Crippen molar-refractivity contribution < 1.29 is 4.79 Å². The van der Waals surface area contributed by atoms with E-state index in [1.807, 2.05) is 30.3 Å². The largest absolute Gasteiger partial charge is 0.368 e. The lowest BCUT2D eigenvalue weighted by atomic mass is 9.93. The molecule has 0 radical (unpaired) electrons. The van der Waals surface area contributed by atoms with Crippen LogP contribution >= 0.6 is 0 Å². The summed E-state index contributed by atoms with van der Waals surface area (Å²) in [5.41, 5.74) is 7.70. The Kier molecular flexibility index (Phi) is 4.95. The van der Waals surface area contributed by atoms with Gasteiger partial charge in [-0.2, -0.15) is 0 Å². The first-order chi connectivity index (χ1) is 11.9. The number of aryl methyl sites for hydroxylation is 1. The van der Waals surface area contributed by atoms with Crippen molar-refractivity contribution in [2.24, 2.45) is 5.73 Å². The van der Waals surface area contributed by atoms with E-state index < -0.39 is 6.04 Å². The Hall–Kier alpha value is -2.14. The standard InChI is InChI=1S/C20H28N4O/c1-20(2,3)16-13-24-11-7-10-15(19(24)23-16)12-22-17(18(21)25)14-8-5-4-6-9-14/h4-6,8-9,13,15,17,22H,7,10-12H2,1-3H3,(H2,21,25)/t15-,17+/m0/s1. The third-order valence-corrected chi connectivity index (χ3v) is 4.88. The summed E-state index contributed by atoms with van der Waals surface area (Å²) in [6.45, 7) is 8.28. The minimum Gasteiger partial charge on any atom is -0.368 e. The molecule has 0 saturated heterocycles. The van der Waals surface area contributed by atoms with Crippen LogP contribution in [0, 0.1) is 0 Å². The highest BCUT2D eigenvalue weighted by Gasteiger charge is 2.28. The fourth-order valence-corrected chi connectivity index (χ4v) is 3.42. The zero-order valence-electron chi connectivity index (χ0n) is 15.3. The highest BCUT2D eigenvalue weighted by atomic mass is 16.1. The fraction of sp³-hybridized carbons (Fsp3) is 0.500. The quantitative estimate of drug-likeness (QED) is 0.879. The lowest BCUT2D eigenvalue weighted by molar-refractivity contribution is -0.120. The zero-order chi connectivity index (χ0) is 18.0. The van der Waals surface area contributed by atoms with Gasteiger partial charge in [-0.15, -0.1) is 0 Å². The number of carbonyl (C=O) groups excluding carboxylic acids is 1. The van der Waals surface area contributed by atoms with Gasteiger partial charge in [0.25, 0.3) is 0 Å². The molecule has 0 unspecified atom stereocenters. The number of amides is 1. The number of fused-ring (bicyclic) bond motifs is 1. The van der Waals surface area contributed by atoms with Gasteiger partial charge in [0.05, 0.1) is 5.69 Å². The predicted molar refractivity (Wildman–Crippen MR) is 99.3 cm³/mol. The van der Waals surface area contributed by atoms with E-state index in [4.69, 9.17) is 10.7 Å². The number of hydrogen-bond donors (Lipinski definition) is 2. The Morgan fingerprint density at radius 3 is 2.72 bits per heavy atom. The molecule has 0 spiro atoms. The average molecular weight is 340 g/mol. The Morgan fingerprint density at radius 1 is 1.36 bits per heavy atom. The Labute approximate surface area is 149 Å². The van der Waals surface area contributed by atoms with Crippen molar-refractivity contribution in [3.63, 3.8) is 0 Å². The van der Waals surface area contributed by atoms with Crippen LogP contribution in [0.25, 0.3) is 0 Å². The van der Waals surface area contributed by atoms with Crippen LogP contribution < -0.4 is 11.1 Å². The normalized spacial score (nSPS) is 18.6. The Morgan fingerprint density at radius 2 is 2.08 bits per heavy atom. The molecule has 0 saturated carbocycles. The molecule has 0 fully saturated rings. The first-order valence-corrected chi connectivity index (χ1v) is 9.01. The molecule has 2 aromatic rings. The molecule has 2 heterocycles. The Balaban J connectivity index is 1.76. The molecular formula is C20H28N4O. The number of nitrogens with zero attached hydrogens (tertiary/aromatic N) is 2. The molecule has 2 atom stereocenters. The number of hydrogen-bond acceptors (Lipinski definition) is 3. The van der Waals surface area contributed by atoms with Gasteiger partial charge in [0.2, 0.25) is 5.91 Å². The third-order valence-electron chi connectivity index (χ3n) is 4.88. The number of rotatable bonds is 5. The van der Waals surface area contributed by atoms with Crippen molar-refractivity contribution in [1.82, 2.24) is 14.9 Å². The summed E-state index contributed by atoms with van der Waals surface area (Å²) in [6, 6.07) is 9.19. The molecule has 1 aromatic carbocycles. The minimum atomic E-state index is -0.464. The van der Waals surface area contributed by atoms with Gasteiger partial charge in [0.15, 0.2) is 0 Å². The zero-order valence-corrected chi connectivity index (χ0v) is 15.3. The predicted octanol–water partition coefficient (Wildman–Crippen LogP) is 2.87. The molecular weight excluding hydrogens is 312 g/mol. The van der Waals surface area contributed by atoms with Crippen molar-refractivity contribution in [1.29, 1.82) is 0 Å². The summed E-state index contributed by atoms with van der Waals surface area (Å²) in [5, 5.41) is 3.37. The van der Waals surface area contributed by atoms with E-state index in [1.165, 1.54) is 0 Å². The maximum Gasteiger partial charge on any atom is 0.239 e. The second-order valence-corrected chi connectivity index (χ2v) is 7.92. The van der Waals surface area contributed by atoms with Crippen LogP contribution in [0.15, 0.2) is 36.5 Å². The number of carbonyl (C=O) groups is 1. The van der Waals surface area contributed by atoms with E-state index in [-0.39, 0.29) is 11.3 Å². The summed E-state index contributed by atoms with van der Waals surface area (Å²) >= 11 is 0. The van der Waals surface area contributed by atoms with Crippen LogP contribution in [0.4, 0.5) is 0 Å². The van der Waals surface area contributed by atoms with E-state index in [0.29, 0.717) is 12.5 Å². The molecule has 134 valence electrons. The second kappa shape index (κ2) is 7.00. The van der Waals surface area contributed by atoms with Crippen molar-refractivity contribution in [3.8, 4) is 0 Å².